The van der Waals surface area contributed by atoms with Crippen LogP contribution < -0.4 is 14.4 Å². The van der Waals surface area contributed by atoms with Crippen molar-refractivity contribution in [2.24, 2.45) is 11.8 Å². The van der Waals surface area contributed by atoms with Gasteiger partial charge < -0.3 is 29.1 Å². The first kappa shape index (κ1) is 25.0. The lowest BCUT2D eigenvalue weighted by Gasteiger charge is -2.49. The molecule has 35 heavy (non-hydrogen) atoms. The highest BCUT2D eigenvalue weighted by molar-refractivity contribution is 6.05. The summed E-state index contributed by atoms with van der Waals surface area (Å²) in [7, 11) is 4.98. The first-order chi connectivity index (χ1) is 16.6. The second-order valence-corrected chi connectivity index (χ2v) is 9.77. The second-order valence-electron chi connectivity index (χ2n) is 9.77. The normalized spacial score (nSPS) is 28.3. The van der Waals surface area contributed by atoms with Crippen LogP contribution in [0.5, 0.6) is 11.5 Å². The molecule has 0 unspecified atom stereocenters. The van der Waals surface area contributed by atoms with Gasteiger partial charge in [0.25, 0.3) is 0 Å². The van der Waals surface area contributed by atoms with Crippen molar-refractivity contribution in [3.8, 4) is 11.5 Å². The van der Waals surface area contributed by atoms with Crippen molar-refractivity contribution in [1.82, 2.24) is 4.90 Å². The number of nitrogens with zero attached hydrogens (tertiary/aromatic N) is 2. The molecule has 1 amide bonds. The third-order valence-corrected chi connectivity index (χ3v) is 7.81. The van der Waals surface area contributed by atoms with Crippen molar-refractivity contribution in [3.05, 3.63) is 29.5 Å². The third-order valence-electron chi connectivity index (χ3n) is 7.81. The number of amides is 1. The van der Waals surface area contributed by atoms with E-state index in [-0.39, 0.29) is 24.7 Å². The molecular weight excluding hydrogens is 452 g/mol. The third kappa shape index (κ3) is 3.86. The number of aliphatic hydroxyl groups excluding tert-OH is 1. The average molecular weight is 487 g/mol. The Hall–Kier alpha value is -3.07. The van der Waals surface area contributed by atoms with E-state index in [1.807, 2.05) is 24.2 Å². The maximum absolute atomic E-state index is 14.2. The largest absolute Gasteiger partial charge is 0.493 e. The molecule has 1 spiro atoms. The molecule has 1 fully saturated rings. The monoisotopic (exact) mass is 486 g/mol. The van der Waals surface area contributed by atoms with Gasteiger partial charge in [0.15, 0.2) is 11.5 Å². The van der Waals surface area contributed by atoms with Gasteiger partial charge in [0.2, 0.25) is 5.91 Å². The van der Waals surface area contributed by atoms with Gasteiger partial charge in [-0.2, -0.15) is 0 Å². The van der Waals surface area contributed by atoms with Gasteiger partial charge in [-0.1, -0.05) is 0 Å². The average Bonchev–Trinajstić information content (AvgIpc) is 3.13. The lowest BCUT2D eigenvalue weighted by molar-refractivity contribution is -0.145. The minimum Gasteiger partial charge on any atom is -0.493 e. The fourth-order valence-electron chi connectivity index (χ4n) is 6.34. The van der Waals surface area contributed by atoms with Gasteiger partial charge >= 0.3 is 5.97 Å². The Morgan fingerprint density at radius 3 is 2.43 bits per heavy atom. The SMILES string of the molecule is COc1cc2c(cc1OC)[C@]13CCN(C)C=C([C@H](C)O)[C@@H](CC1=O)[C@H](COC(C)=O)[C@@H]3N2C(C)=O. The highest BCUT2D eigenvalue weighted by atomic mass is 16.5. The first-order valence-corrected chi connectivity index (χ1v) is 11.9. The Balaban J connectivity index is 2.02. The number of carbonyl (C=O) groups excluding carboxylic acids is 3. The number of Topliss-reactive ketones (excluding diaryl/α,β-unsaturated/α-hetero) is 1. The maximum Gasteiger partial charge on any atom is 0.302 e. The van der Waals surface area contributed by atoms with Crippen LogP contribution in [-0.4, -0.2) is 74.2 Å². The van der Waals surface area contributed by atoms with Crippen molar-refractivity contribution in [1.29, 1.82) is 0 Å². The van der Waals surface area contributed by atoms with Gasteiger partial charge in [0, 0.05) is 52.0 Å². The summed E-state index contributed by atoms with van der Waals surface area (Å²) in [6, 6.07) is 2.97. The number of hydrogen-bond acceptors (Lipinski definition) is 8. The summed E-state index contributed by atoms with van der Waals surface area (Å²) < 4.78 is 16.6. The smallest absolute Gasteiger partial charge is 0.302 e. The Morgan fingerprint density at radius 2 is 1.86 bits per heavy atom. The van der Waals surface area contributed by atoms with Gasteiger partial charge in [-0.05, 0) is 36.5 Å². The number of esters is 1. The Morgan fingerprint density at radius 1 is 1.20 bits per heavy atom. The molecule has 2 bridgehead atoms. The van der Waals surface area contributed by atoms with E-state index in [0.29, 0.717) is 35.7 Å². The maximum atomic E-state index is 14.2. The molecule has 5 rings (SSSR count). The lowest BCUT2D eigenvalue weighted by Crippen LogP contribution is -2.62. The van der Waals surface area contributed by atoms with Crippen LogP contribution in [0.2, 0.25) is 0 Å². The second kappa shape index (κ2) is 9.18. The van der Waals surface area contributed by atoms with Crippen LogP contribution in [0.15, 0.2) is 23.9 Å². The number of aliphatic hydroxyl groups is 1. The van der Waals surface area contributed by atoms with E-state index in [2.05, 4.69) is 0 Å². The molecule has 0 saturated heterocycles. The number of ether oxygens (including phenoxy) is 3. The Kier molecular flexibility index (Phi) is 6.57. The number of ketones is 1. The minimum absolute atomic E-state index is 0.00523. The zero-order valence-corrected chi connectivity index (χ0v) is 21.2. The van der Waals surface area contributed by atoms with Crippen molar-refractivity contribution in [2.45, 2.75) is 51.2 Å². The standard InChI is InChI=1S/C26H34N2O7/c1-14(29)18-12-27(4)8-7-26-20-10-22(33-5)23(34-6)11-21(20)28(15(2)30)25(26)19(13-35-16(3)31)17(18)9-24(26)32/h10-12,14,17,19,25,29H,7-9,13H2,1-6H3/t14-,17+,19-,25-,26+/m0/s1. The number of anilines is 1. The van der Waals surface area contributed by atoms with Crippen LogP contribution in [-0.2, 0) is 24.5 Å². The molecule has 4 aliphatic rings. The topological polar surface area (TPSA) is 106 Å². The highest BCUT2D eigenvalue weighted by Gasteiger charge is 2.64. The van der Waals surface area contributed by atoms with Crippen molar-refractivity contribution in [3.63, 3.8) is 0 Å². The molecule has 1 aliphatic carbocycles. The Labute approximate surface area is 205 Å². The first-order valence-electron chi connectivity index (χ1n) is 11.9. The fourth-order valence-corrected chi connectivity index (χ4v) is 6.34. The molecule has 1 saturated carbocycles. The summed E-state index contributed by atoms with van der Waals surface area (Å²) in [5, 5.41) is 10.7. The molecule has 190 valence electrons. The number of fused-ring (bicyclic) bond motifs is 5. The predicted octanol–water partition coefficient (Wildman–Crippen LogP) is 2.05. The van der Waals surface area contributed by atoms with E-state index < -0.39 is 35.4 Å². The van der Waals surface area contributed by atoms with Crippen molar-refractivity contribution >= 4 is 23.3 Å². The van der Waals surface area contributed by atoms with E-state index in [0.717, 1.165) is 5.56 Å². The van der Waals surface area contributed by atoms with Crippen LogP contribution in [0, 0.1) is 11.8 Å². The molecule has 1 N–H and O–H groups in total. The fraction of sp³-hybridized carbons (Fsp3) is 0.577. The number of carbonyl (C=O) groups is 3. The summed E-state index contributed by atoms with van der Waals surface area (Å²) in [5.41, 5.74) is 1.01. The predicted molar refractivity (Wildman–Crippen MR) is 128 cm³/mol. The molecule has 9 heteroatoms. The summed E-state index contributed by atoms with van der Waals surface area (Å²) in [4.78, 5) is 42.9. The molecule has 3 heterocycles. The summed E-state index contributed by atoms with van der Waals surface area (Å²) in [6.07, 6.45) is 1.71. The minimum atomic E-state index is -1.02. The van der Waals surface area contributed by atoms with Gasteiger partial charge in [-0.15, -0.1) is 0 Å². The van der Waals surface area contributed by atoms with Gasteiger partial charge in [0.05, 0.1) is 44.1 Å². The van der Waals surface area contributed by atoms with Crippen LogP contribution in [0.3, 0.4) is 0 Å². The Bertz CT molecular complexity index is 1080. The molecule has 9 nitrogen and oxygen atoms in total. The summed E-state index contributed by atoms with van der Waals surface area (Å²) in [5.74, 6) is -0.521. The summed E-state index contributed by atoms with van der Waals surface area (Å²) >= 11 is 0. The molecule has 5 atom stereocenters. The number of rotatable bonds is 5. The number of methoxy groups -OCH3 is 2. The van der Waals surface area contributed by atoms with Crippen LogP contribution >= 0.6 is 0 Å². The molecular formula is C26H34N2O7. The molecule has 1 aromatic carbocycles. The number of hydrogen-bond donors (Lipinski definition) is 1. The highest BCUT2D eigenvalue weighted by Crippen LogP contribution is 2.59. The summed E-state index contributed by atoms with van der Waals surface area (Å²) in [6.45, 7) is 5.05. The molecule has 0 aromatic heterocycles. The zero-order valence-electron chi connectivity index (χ0n) is 21.2. The van der Waals surface area contributed by atoms with E-state index in [1.54, 1.807) is 17.9 Å². The van der Waals surface area contributed by atoms with Gasteiger partial charge in [-0.25, -0.2) is 0 Å². The van der Waals surface area contributed by atoms with Crippen LogP contribution in [0.4, 0.5) is 5.69 Å². The van der Waals surface area contributed by atoms with Crippen LogP contribution in [0.25, 0.3) is 0 Å². The van der Waals surface area contributed by atoms with E-state index in [1.165, 1.54) is 28.1 Å². The quantitative estimate of drug-likeness (QED) is 0.631. The van der Waals surface area contributed by atoms with Gasteiger partial charge in [0.1, 0.15) is 5.78 Å². The zero-order chi connectivity index (χ0) is 25.7. The molecule has 3 aliphatic heterocycles. The van der Waals surface area contributed by atoms with Crippen molar-refractivity contribution in [2.75, 3.05) is 39.3 Å². The molecule has 0 radical (unpaired) electrons. The van der Waals surface area contributed by atoms with Crippen molar-refractivity contribution < 1.29 is 33.7 Å². The van der Waals surface area contributed by atoms with Crippen LogP contribution in [0.1, 0.15) is 39.2 Å². The van der Waals surface area contributed by atoms with E-state index in [9.17, 15) is 19.5 Å². The lowest BCUT2D eigenvalue weighted by atomic mass is 9.57. The number of benzene rings is 1. The molecule has 1 aromatic rings. The van der Waals surface area contributed by atoms with Gasteiger partial charge in [-0.3, -0.25) is 14.4 Å². The van der Waals surface area contributed by atoms with E-state index >= 15 is 0 Å². The van der Waals surface area contributed by atoms with E-state index in [4.69, 9.17) is 14.2 Å².